The highest BCUT2D eigenvalue weighted by molar-refractivity contribution is 9.10. The molecule has 2 aromatic carbocycles. The number of piperidine rings is 1. The van der Waals surface area contributed by atoms with Crippen molar-refractivity contribution in [1.29, 1.82) is 0 Å². The number of fused-ring (bicyclic) bond motifs is 1. The first-order chi connectivity index (χ1) is 12.8. The molecule has 1 N–H and O–H groups in total. The molecule has 1 aliphatic heterocycles. The predicted molar refractivity (Wildman–Crippen MR) is 111 cm³/mol. The van der Waals surface area contributed by atoms with Gasteiger partial charge in [0, 0.05) is 10.7 Å². The Labute approximate surface area is 162 Å². The van der Waals surface area contributed by atoms with Gasteiger partial charge in [-0.05, 0) is 49.1 Å². The summed E-state index contributed by atoms with van der Waals surface area (Å²) in [6.45, 7) is 4.69. The van der Waals surface area contributed by atoms with E-state index in [1.807, 2.05) is 24.4 Å². The standard InChI is InChI=1S/C21H23BrN4/c22-18-10-8-17(9-11-18)16-23-21-24-19-6-2-3-7-20(19)26(21)15-14-25-12-4-1-5-13-25/h2-3,6-11,16H,1,4-5,12-15H2/p+1. The van der Waals surface area contributed by atoms with Crippen LogP contribution in [0.4, 0.5) is 5.95 Å². The van der Waals surface area contributed by atoms with E-state index in [1.165, 1.54) is 37.9 Å². The van der Waals surface area contributed by atoms with Crippen LogP contribution in [-0.2, 0) is 6.54 Å². The van der Waals surface area contributed by atoms with Crippen LogP contribution in [0, 0.1) is 0 Å². The number of likely N-dealkylation sites (tertiary alicyclic amines) is 1. The highest BCUT2D eigenvalue weighted by Crippen LogP contribution is 2.21. The zero-order valence-corrected chi connectivity index (χ0v) is 16.5. The second-order valence-electron chi connectivity index (χ2n) is 6.92. The van der Waals surface area contributed by atoms with Crippen molar-refractivity contribution in [2.24, 2.45) is 4.99 Å². The number of imidazole rings is 1. The normalized spacial score (nSPS) is 15.9. The lowest BCUT2D eigenvalue weighted by atomic mass is 10.1. The molecule has 134 valence electrons. The van der Waals surface area contributed by atoms with Gasteiger partial charge in [0.25, 0.3) is 0 Å². The van der Waals surface area contributed by atoms with E-state index in [1.54, 1.807) is 4.90 Å². The Morgan fingerprint density at radius 1 is 1.04 bits per heavy atom. The summed E-state index contributed by atoms with van der Waals surface area (Å²) in [6, 6.07) is 16.5. The Balaban J connectivity index is 1.59. The molecule has 1 saturated heterocycles. The van der Waals surface area contributed by atoms with Crippen LogP contribution in [0.5, 0.6) is 0 Å². The van der Waals surface area contributed by atoms with Gasteiger partial charge in [0.15, 0.2) is 0 Å². The maximum atomic E-state index is 4.76. The fraction of sp³-hybridized carbons (Fsp3) is 0.333. The van der Waals surface area contributed by atoms with E-state index >= 15 is 0 Å². The number of para-hydroxylation sites is 2. The van der Waals surface area contributed by atoms with E-state index in [0.29, 0.717) is 0 Å². The summed E-state index contributed by atoms with van der Waals surface area (Å²) in [5.41, 5.74) is 3.27. The number of hydrogen-bond acceptors (Lipinski definition) is 2. The average molecular weight is 412 g/mol. The van der Waals surface area contributed by atoms with Crippen LogP contribution in [0.25, 0.3) is 11.0 Å². The van der Waals surface area contributed by atoms with Gasteiger partial charge in [-0.3, -0.25) is 0 Å². The summed E-state index contributed by atoms with van der Waals surface area (Å²) in [5, 5.41) is 0. The number of nitrogens with one attached hydrogen (secondary N) is 1. The van der Waals surface area contributed by atoms with Gasteiger partial charge in [0.05, 0.1) is 37.2 Å². The first-order valence-corrected chi connectivity index (χ1v) is 10.2. The topological polar surface area (TPSA) is 34.6 Å². The van der Waals surface area contributed by atoms with Crippen molar-refractivity contribution in [2.45, 2.75) is 25.8 Å². The van der Waals surface area contributed by atoms with E-state index in [-0.39, 0.29) is 0 Å². The molecule has 1 aromatic heterocycles. The first kappa shape index (κ1) is 17.4. The maximum Gasteiger partial charge on any atom is 0.230 e. The van der Waals surface area contributed by atoms with Crippen LogP contribution in [-0.4, -0.2) is 35.4 Å². The van der Waals surface area contributed by atoms with Crippen molar-refractivity contribution >= 4 is 39.1 Å². The van der Waals surface area contributed by atoms with Crippen LogP contribution in [0.15, 0.2) is 58.0 Å². The Morgan fingerprint density at radius 2 is 1.81 bits per heavy atom. The maximum absolute atomic E-state index is 4.76. The van der Waals surface area contributed by atoms with E-state index in [2.05, 4.69) is 50.8 Å². The first-order valence-electron chi connectivity index (χ1n) is 9.38. The minimum atomic E-state index is 0.797. The molecule has 0 atom stereocenters. The number of nitrogens with zero attached hydrogens (tertiary/aromatic N) is 3. The molecule has 4 nitrogen and oxygen atoms in total. The molecule has 0 saturated carbocycles. The largest absolute Gasteiger partial charge is 0.333 e. The zero-order chi connectivity index (χ0) is 17.8. The average Bonchev–Trinajstić information content (AvgIpc) is 3.04. The molecule has 0 spiro atoms. The van der Waals surface area contributed by atoms with Crippen molar-refractivity contribution in [3.8, 4) is 0 Å². The number of hydrogen-bond donors (Lipinski definition) is 1. The van der Waals surface area contributed by atoms with Crippen LogP contribution in [0.3, 0.4) is 0 Å². The highest BCUT2D eigenvalue weighted by Gasteiger charge is 2.15. The number of quaternary nitrogens is 1. The molecule has 26 heavy (non-hydrogen) atoms. The molecule has 0 bridgehead atoms. The third-order valence-electron chi connectivity index (χ3n) is 5.08. The molecule has 2 heterocycles. The molecule has 1 fully saturated rings. The van der Waals surface area contributed by atoms with Gasteiger partial charge in [-0.2, -0.15) is 0 Å². The second-order valence-corrected chi connectivity index (χ2v) is 7.84. The molecule has 5 heteroatoms. The molecule has 4 rings (SSSR count). The van der Waals surface area contributed by atoms with Gasteiger partial charge in [-0.1, -0.05) is 40.2 Å². The summed E-state index contributed by atoms with van der Waals surface area (Å²) in [4.78, 5) is 11.2. The molecule has 0 unspecified atom stereocenters. The highest BCUT2D eigenvalue weighted by atomic mass is 79.9. The third-order valence-corrected chi connectivity index (χ3v) is 5.61. The SMILES string of the molecule is Brc1ccc(C=Nc2nc3ccccc3n2CC[NH+]2CCCCC2)cc1. The fourth-order valence-electron chi connectivity index (χ4n) is 3.63. The molecular formula is C21H24BrN4+. The van der Waals surface area contributed by atoms with Crippen LogP contribution >= 0.6 is 15.9 Å². The van der Waals surface area contributed by atoms with E-state index in [0.717, 1.165) is 34.6 Å². The third kappa shape index (κ3) is 4.05. The van der Waals surface area contributed by atoms with Crippen molar-refractivity contribution in [2.75, 3.05) is 19.6 Å². The van der Waals surface area contributed by atoms with Crippen molar-refractivity contribution < 1.29 is 4.90 Å². The molecule has 0 aliphatic carbocycles. The van der Waals surface area contributed by atoms with Crippen molar-refractivity contribution in [3.63, 3.8) is 0 Å². The van der Waals surface area contributed by atoms with Gasteiger partial charge < -0.3 is 9.47 Å². The van der Waals surface area contributed by atoms with Gasteiger partial charge >= 0.3 is 0 Å². The molecule has 3 aromatic rings. The number of rotatable bonds is 5. The van der Waals surface area contributed by atoms with E-state index in [9.17, 15) is 0 Å². The molecule has 0 amide bonds. The Bertz CT molecular complexity index is 892. The zero-order valence-electron chi connectivity index (χ0n) is 14.9. The van der Waals surface area contributed by atoms with Gasteiger partial charge in [0.1, 0.15) is 0 Å². The quantitative estimate of drug-likeness (QED) is 0.639. The number of halogens is 1. The van der Waals surface area contributed by atoms with Crippen molar-refractivity contribution in [3.05, 3.63) is 58.6 Å². The summed E-state index contributed by atoms with van der Waals surface area (Å²) in [7, 11) is 0. The summed E-state index contributed by atoms with van der Waals surface area (Å²) in [6.07, 6.45) is 6.00. The molecular weight excluding hydrogens is 388 g/mol. The van der Waals surface area contributed by atoms with Crippen molar-refractivity contribution in [1.82, 2.24) is 9.55 Å². The molecule has 1 aliphatic rings. The predicted octanol–water partition coefficient (Wildman–Crippen LogP) is 3.62. The van der Waals surface area contributed by atoms with Crippen LogP contribution in [0.2, 0.25) is 0 Å². The lowest BCUT2D eigenvalue weighted by Crippen LogP contribution is -3.13. The summed E-state index contributed by atoms with van der Waals surface area (Å²) >= 11 is 3.47. The van der Waals surface area contributed by atoms with E-state index in [4.69, 9.17) is 9.98 Å². The minimum Gasteiger partial charge on any atom is -0.333 e. The number of aromatic nitrogens is 2. The lowest BCUT2D eigenvalue weighted by molar-refractivity contribution is -0.905. The van der Waals surface area contributed by atoms with Crippen LogP contribution < -0.4 is 4.90 Å². The monoisotopic (exact) mass is 411 g/mol. The summed E-state index contributed by atoms with van der Waals surface area (Å²) < 4.78 is 3.35. The van der Waals surface area contributed by atoms with E-state index < -0.39 is 0 Å². The van der Waals surface area contributed by atoms with Gasteiger partial charge in [-0.25, -0.2) is 9.98 Å². The number of aliphatic imine (C=N–C) groups is 1. The van der Waals surface area contributed by atoms with Gasteiger partial charge in [-0.15, -0.1) is 0 Å². The summed E-state index contributed by atoms with van der Waals surface area (Å²) in [5.74, 6) is 0.797. The number of benzene rings is 2. The Hall–Kier alpha value is -1.98. The fourth-order valence-corrected chi connectivity index (χ4v) is 3.90. The van der Waals surface area contributed by atoms with Crippen LogP contribution in [0.1, 0.15) is 24.8 Å². The second kappa shape index (κ2) is 8.14. The Kier molecular flexibility index (Phi) is 5.46. The van der Waals surface area contributed by atoms with Gasteiger partial charge in [0.2, 0.25) is 5.95 Å². The lowest BCUT2D eigenvalue weighted by Gasteiger charge is -2.23. The molecule has 0 radical (unpaired) electrons. The minimum absolute atomic E-state index is 0.797. The smallest absolute Gasteiger partial charge is 0.230 e. The Morgan fingerprint density at radius 3 is 2.62 bits per heavy atom.